The molecular formula is C19H22N2O5. The maximum Gasteiger partial charge on any atom is 0.313 e. The van der Waals surface area contributed by atoms with E-state index < -0.39 is 11.4 Å². The van der Waals surface area contributed by atoms with Gasteiger partial charge in [0.15, 0.2) is 5.69 Å². The molecule has 1 N–H and O–H groups in total. The smallest absolute Gasteiger partial charge is 0.313 e. The Kier molecular flexibility index (Phi) is 5.08. The van der Waals surface area contributed by atoms with Gasteiger partial charge in [0.05, 0.1) is 6.61 Å². The third-order valence-electron chi connectivity index (χ3n) is 4.76. The van der Waals surface area contributed by atoms with Crippen LogP contribution in [0.25, 0.3) is 11.5 Å². The molecule has 1 aliphatic rings. The molecule has 138 valence electrons. The van der Waals surface area contributed by atoms with Gasteiger partial charge >= 0.3 is 5.97 Å². The highest BCUT2D eigenvalue weighted by Gasteiger charge is 2.44. The molecule has 0 saturated carbocycles. The van der Waals surface area contributed by atoms with E-state index in [9.17, 15) is 14.7 Å². The fourth-order valence-electron chi connectivity index (χ4n) is 3.38. The van der Waals surface area contributed by atoms with Crippen molar-refractivity contribution in [3.8, 4) is 11.5 Å². The molecule has 0 spiro atoms. The second-order valence-electron chi connectivity index (χ2n) is 6.64. The van der Waals surface area contributed by atoms with Gasteiger partial charge in [0.25, 0.3) is 5.91 Å². The van der Waals surface area contributed by atoms with E-state index in [1.807, 2.05) is 30.3 Å². The highest BCUT2D eigenvalue weighted by atomic mass is 16.5. The van der Waals surface area contributed by atoms with Gasteiger partial charge in [0.1, 0.15) is 11.2 Å². The third kappa shape index (κ3) is 3.35. The van der Waals surface area contributed by atoms with Crippen molar-refractivity contribution in [3.05, 3.63) is 41.8 Å². The molecule has 1 saturated heterocycles. The lowest BCUT2D eigenvalue weighted by Crippen LogP contribution is -2.52. The van der Waals surface area contributed by atoms with E-state index in [0.29, 0.717) is 31.0 Å². The number of amides is 1. The number of carboxylic acids is 1. The second kappa shape index (κ2) is 7.29. The SMILES string of the molecule is COCC1(C(=O)O)CCCN(C(=O)c2nc(-c3ccccc3)oc2C)C1. The number of carboxylic acid groups (broad SMARTS) is 1. The molecule has 1 amide bonds. The predicted molar refractivity (Wildman–Crippen MR) is 93.8 cm³/mol. The lowest BCUT2D eigenvalue weighted by atomic mass is 9.80. The summed E-state index contributed by atoms with van der Waals surface area (Å²) in [6.07, 6.45) is 1.08. The molecule has 26 heavy (non-hydrogen) atoms. The number of aliphatic carboxylic acids is 1. The van der Waals surface area contributed by atoms with Crippen LogP contribution < -0.4 is 0 Å². The third-order valence-corrected chi connectivity index (χ3v) is 4.76. The number of methoxy groups -OCH3 is 1. The number of nitrogens with zero attached hydrogens (tertiary/aromatic N) is 2. The van der Waals surface area contributed by atoms with Gasteiger partial charge in [0, 0.05) is 25.8 Å². The first-order chi connectivity index (χ1) is 12.5. The van der Waals surface area contributed by atoms with Crippen LogP contribution in [0, 0.1) is 12.3 Å². The Balaban J connectivity index is 1.85. The number of carbonyl (C=O) groups excluding carboxylic acids is 1. The zero-order valence-electron chi connectivity index (χ0n) is 14.9. The van der Waals surface area contributed by atoms with Crippen molar-refractivity contribution in [2.75, 3.05) is 26.8 Å². The minimum absolute atomic E-state index is 0.0686. The minimum atomic E-state index is -1.08. The van der Waals surface area contributed by atoms with Gasteiger partial charge < -0.3 is 19.2 Å². The number of piperidine rings is 1. The van der Waals surface area contributed by atoms with Gasteiger partial charge in [-0.2, -0.15) is 0 Å². The number of ether oxygens (including phenoxy) is 1. The number of carbonyl (C=O) groups is 2. The fourth-order valence-corrected chi connectivity index (χ4v) is 3.38. The van der Waals surface area contributed by atoms with Crippen LogP contribution in [-0.4, -0.2) is 53.7 Å². The topological polar surface area (TPSA) is 92.9 Å². The zero-order valence-corrected chi connectivity index (χ0v) is 14.9. The number of hydrogen-bond acceptors (Lipinski definition) is 5. The van der Waals surface area contributed by atoms with Crippen LogP contribution in [0.4, 0.5) is 0 Å². The van der Waals surface area contributed by atoms with Crippen molar-refractivity contribution >= 4 is 11.9 Å². The summed E-state index contributed by atoms with van der Waals surface area (Å²) in [7, 11) is 1.47. The minimum Gasteiger partial charge on any atom is -0.481 e. The maximum atomic E-state index is 12.9. The van der Waals surface area contributed by atoms with E-state index >= 15 is 0 Å². The second-order valence-corrected chi connectivity index (χ2v) is 6.64. The lowest BCUT2D eigenvalue weighted by Gasteiger charge is -2.39. The quantitative estimate of drug-likeness (QED) is 0.883. The summed E-state index contributed by atoms with van der Waals surface area (Å²) in [5.41, 5.74) is -0.0715. The van der Waals surface area contributed by atoms with Crippen molar-refractivity contribution in [1.82, 2.24) is 9.88 Å². The molecule has 1 atom stereocenters. The molecule has 2 heterocycles. The van der Waals surface area contributed by atoms with E-state index in [-0.39, 0.29) is 24.8 Å². The van der Waals surface area contributed by atoms with Gasteiger partial charge in [0.2, 0.25) is 5.89 Å². The summed E-state index contributed by atoms with van der Waals surface area (Å²) >= 11 is 0. The fraction of sp³-hybridized carbons (Fsp3) is 0.421. The van der Waals surface area contributed by atoms with E-state index in [1.165, 1.54) is 12.0 Å². The van der Waals surface area contributed by atoms with Crippen LogP contribution in [0.3, 0.4) is 0 Å². The van der Waals surface area contributed by atoms with Crippen molar-refractivity contribution < 1.29 is 23.8 Å². The summed E-state index contributed by atoms with van der Waals surface area (Å²) in [4.78, 5) is 30.6. The highest BCUT2D eigenvalue weighted by Crippen LogP contribution is 2.32. The summed E-state index contributed by atoms with van der Waals surface area (Å²) in [6, 6.07) is 9.34. The van der Waals surface area contributed by atoms with Crippen LogP contribution in [0.2, 0.25) is 0 Å². The number of aromatic nitrogens is 1. The lowest BCUT2D eigenvalue weighted by molar-refractivity contribution is -0.155. The molecule has 1 aromatic carbocycles. The number of rotatable bonds is 5. The average Bonchev–Trinajstić information content (AvgIpc) is 3.04. The number of aryl methyl sites for hydroxylation is 1. The molecule has 0 bridgehead atoms. The molecule has 7 heteroatoms. The van der Waals surface area contributed by atoms with Crippen LogP contribution in [0.5, 0.6) is 0 Å². The van der Waals surface area contributed by atoms with E-state index in [0.717, 1.165) is 5.56 Å². The number of benzene rings is 1. The van der Waals surface area contributed by atoms with Gasteiger partial charge in [-0.15, -0.1) is 0 Å². The normalized spacial score (nSPS) is 20.2. The van der Waals surface area contributed by atoms with Crippen molar-refractivity contribution in [2.45, 2.75) is 19.8 Å². The molecule has 1 unspecified atom stereocenters. The van der Waals surface area contributed by atoms with E-state index in [1.54, 1.807) is 6.92 Å². The highest BCUT2D eigenvalue weighted by molar-refractivity contribution is 5.94. The first-order valence-electron chi connectivity index (χ1n) is 8.51. The first-order valence-corrected chi connectivity index (χ1v) is 8.51. The summed E-state index contributed by atoms with van der Waals surface area (Å²) in [5.74, 6) is -0.453. The Morgan fingerprint density at radius 2 is 2.08 bits per heavy atom. The molecule has 2 aromatic rings. The largest absolute Gasteiger partial charge is 0.481 e. The number of likely N-dealkylation sites (tertiary alicyclic amines) is 1. The Labute approximate surface area is 151 Å². The Morgan fingerprint density at radius 1 is 1.35 bits per heavy atom. The van der Waals surface area contributed by atoms with Crippen LogP contribution in [0.15, 0.2) is 34.7 Å². The molecule has 1 aromatic heterocycles. The average molecular weight is 358 g/mol. The Hall–Kier alpha value is -2.67. The van der Waals surface area contributed by atoms with Crippen molar-refractivity contribution in [2.24, 2.45) is 5.41 Å². The monoisotopic (exact) mass is 358 g/mol. The van der Waals surface area contributed by atoms with Crippen molar-refractivity contribution in [3.63, 3.8) is 0 Å². The predicted octanol–water partition coefficient (Wildman–Crippen LogP) is 2.60. The van der Waals surface area contributed by atoms with Gasteiger partial charge in [-0.25, -0.2) is 4.98 Å². The van der Waals surface area contributed by atoms with Crippen molar-refractivity contribution in [1.29, 1.82) is 0 Å². The van der Waals surface area contributed by atoms with E-state index in [4.69, 9.17) is 9.15 Å². The molecule has 0 aliphatic carbocycles. The molecule has 7 nitrogen and oxygen atoms in total. The van der Waals surface area contributed by atoms with E-state index in [2.05, 4.69) is 4.98 Å². The van der Waals surface area contributed by atoms with Gasteiger partial charge in [-0.3, -0.25) is 9.59 Å². The first kappa shape index (κ1) is 18.1. The maximum absolute atomic E-state index is 12.9. The van der Waals surface area contributed by atoms with Crippen LogP contribution in [0.1, 0.15) is 29.1 Å². The Morgan fingerprint density at radius 3 is 2.73 bits per heavy atom. The summed E-state index contributed by atoms with van der Waals surface area (Å²) in [6.45, 7) is 2.35. The van der Waals surface area contributed by atoms with Gasteiger partial charge in [-0.1, -0.05) is 18.2 Å². The molecule has 1 aliphatic heterocycles. The number of oxazole rings is 1. The standard InChI is InChI=1S/C19H22N2O5/c1-13-15(20-16(26-13)14-7-4-3-5-8-14)17(22)21-10-6-9-19(11-21,12-25-2)18(23)24/h3-5,7-8H,6,9-12H2,1-2H3,(H,23,24). The molecular weight excluding hydrogens is 336 g/mol. The number of hydrogen-bond donors (Lipinski definition) is 1. The zero-order chi connectivity index (χ0) is 18.7. The van der Waals surface area contributed by atoms with Crippen LogP contribution in [-0.2, 0) is 9.53 Å². The molecule has 1 fully saturated rings. The van der Waals surface area contributed by atoms with Gasteiger partial charge in [-0.05, 0) is 31.9 Å². The molecule has 0 radical (unpaired) electrons. The Bertz CT molecular complexity index is 798. The summed E-state index contributed by atoms with van der Waals surface area (Å²) < 4.78 is 10.8. The van der Waals surface area contributed by atoms with Crippen LogP contribution >= 0.6 is 0 Å². The summed E-state index contributed by atoms with van der Waals surface area (Å²) in [5, 5.41) is 9.65. The molecule has 3 rings (SSSR count).